The Morgan fingerprint density at radius 1 is 0.941 bits per heavy atom. The summed E-state index contributed by atoms with van der Waals surface area (Å²) < 4.78 is 2.03. The van der Waals surface area contributed by atoms with Gasteiger partial charge in [0.25, 0.3) is 0 Å². The average Bonchev–Trinajstić information content (AvgIpc) is 2.71. The van der Waals surface area contributed by atoms with Crippen molar-refractivity contribution < 1.29 is 0 Å². The zero-order valence-corrected chi connectivity index (χ0v) is 9.11. The number of nitrogens with zero attached hydrogens (tertiary/aromatic N) is 4. The van der Waals surface area contributed by atoms with Crippen molar-refractivity contribution in [1.29, 1.82) is 0 Å². The first kappa shape index (κ1) is 9.75. The number of hydrogen-bond acceptors (Lipinski definition) is 1. The van der Waals surface area contributed by atoms with E-state index in [0.29, 0.717) is 6.67 Å². The van der Waals surface area contributed by atoms with Crippen molar-refractivity contribution in [3.8, 4) is 0 Å². The molecule has 0 radical (unpaired) electrons. The number of hydrogen-bond donors (Lipinski definition) is 0. The van der Waals surface area contributed by atoms with Crippen LogP contribution in [0, 0.1) is 0 Å². The second kappa shape index (κ2) is 3.85. The maximum Gasteiger partial charge on any atom is 0.102 e. The van der Waals surface area contributed by atoms with Gasteiger partial charge in [-0.15, -0.1) is 0 Å². The third-order valence-corrected chi connectivity index (χ3v) is 2.95. The quantitative estimate of drug-likeness (QED) is 0.356. The summed E-state index contributed by atoms with van der Waals surface area (Å²) in [5.74, 6) is 0. The van der Waals surface area contributed by atoms with Crippen molar-refractivity contribution in [2.45, 2.75) is 6.67 Å². The molecule has 0 spiro atoms. The molecule has 0 saturated carbocycles. The van der Waals surface area contributed by atoms with Gasteiger partial charge < -0.3 is 4.57 Å². The van der Waals surface area contributed by atoms with Crippen LogP contribution in [0.15, 0.2) is 53.6 Å². The van der Waals surface area contributed by atoms with Crippen molar-refractivity contribution in [1.82, 2.24) is 4.57 Å². The first-order valence-corrected chi connectivity index (χ1v) is 5.38. The maximum absolute atomic E-state index is 8.45. The molecule has 2 aromatic carbocycles. The smallest absolute Gasteiger partial charge is 0.102 e. The second-order valence-electron chi connectivity index (χ2n) is 3.83. The molecular weight excluding hydrogens is 212 g/mol. The van der Waals surface area contributed by atoms with Gasteiger partial charge in [-0.05, 0) is 17.7 Å². The van der Waals surface area contributed by atoms with Gasteiger partial charge >= 0.3 is 0 Å². The minimum Gasteiger partial charge on any atom is -0.335 e. The summed E-state index contributed by atoms with van der Waals surface area (Å²) in [5, 5.41) is 6.04. The van der Waals surface area contributed by atoms with Crippen molar-refractivity contribution >= 4 is 21.8 Å². The highest BCUT2D eigenvalue weighted by Gasteiger charge is 2.07. The van der Waals surface area contributed by atoms with Gasteiger partial charge in [-0.3, -0.25) is 0 Å². The summed E-state index contributed by atoms with van der Waals surface area (Å²) in [6.45, 7) is 0.324. The Hall–Kier alpha value is -2.45. The Kier molecular flexibility index (Phi) is 2.21. The number of azide groups is 1. The Balaban J connectivity index is 2.45. The number of aromatic nitrogens is 1. The summed E-state index contributed by atoms with van der Waals surface area (Å²) in [4.78, 5) is 2.83. The molecule has 4 heteroatoms. The molecule has 3 rings (SSSR count). The average molecular weight is 222 g/mol. The lowest BCUT2D eigenvalue weighted by atomic mass is 10.2. The number of benzene rings is 2. The van der Waals surface area contributed by atoms with Crippen LogP contribution in [0.2, 0.25) is 0 Å². The van der Waals surface area contributed by atoms with Crippen LogP contribution in [-0.2, 0) is 6.67 Å². The summed E-state index contributed by atoms with van der Waals surface area (Å²) in [6.07, 6.45) is 0. The molecule has 0 fully saturated rings. The van der Waals surface area contributed by atoms with Crippen LogP contribution in [0.1, 0.15) is 0 Å². The highest BCUT2D eigenvalue weighted by atomic mass is 15.2. The van der Waals surface area contributed by atoms with Gasteiger partial charge in [0.2, 0.25) is 0 Å². The highest BCUT2D eigenvalue weighted by Crippen LogP contribution is 2.28. The largest absolute Gasteiger partial charge is 0.335 e. The fourth-order valence-corrected chi connectivity index (χ4v) is 2.25. The van der Waals surface area contributed by atoms with Crippen LogP contribution in [0.3, 0.4) is 0 Å². The van der Waals surface area contributed by atoms with Crippen LogP contribution in [0.5, 0.6) is 0 Å². The van der Waals surface area contributed by atoms with Gasteiger partial charge in [-0.2, -0.15) is 0 Å². The highest BCUT2D eigenvalue weighted by molar-refractivity contribution is 6.07. The van der Waals surface area contributed by atoms with Crippen molar-refractivity contribution in [2.24, 2.45) is 5.11 Å². The van der Waals surface area contributed by atoms with Crippen molar-refractivity contribution in [3.05, 3.63) is 59.0 Å². The van der Waals surface area contributed by atoms with E-state index >= 15 is 0 Å². The van der Waals surface area contributed by atoms with Crippen molar-refractivity contribution in [2.75, 3.05) is 0 Å². The van der Waals surface area contributed by atoms with E-state index in [4.69, 9.17) is 5.53 Å². The fraction of sp³-hybridized carbons (Fsp3) is 0.0769. The first-order chi connectivity index (χ1) is 8.42. The Morgan fingerprint density at radius 3 is 2.00 bits per heavy atom. The number of rotatable bonds is 2. The molecular formula is C13H10N4. The molecule has 0 atom stereocenters. The third kappa shape index (κ3) is 1.43. The van der Waals surface area contributed by atoms with E-state index in [1.54, 1.807) is 0 Å². The lowest BCUT2D eigenvalue weighted by molar-refractivity contribution is 0.783. The van der Waals surface area contributed by atoms with Gasteiger partial charge in [0, 0.05) is 26.7 Å². The molecule has 0 unspecified atom stereocenters. The molecule has 0 N–H and O–H groups in total. The molecule has 0 bridgehead atoms. The Labute approximate surface area is 97.7 Å². The zero-order valence-electron chi connectivity index (χ0n) is 9.11. The standard InChI is InChI=1S/C13H10N4/c14-16-15-9-17-12-7-3-1-5-10(12)11-6-2-4-8-13(11)17/h1-8H,9H2. The molecule has 0 aliphatic carbocycles. The van der Waals surface area contributed by atoms with Crippen molar-refractivity contribution in [3.63, 3.8) is 0 Å². The van der Waals surface area contributed by atoms with Crippen LogP contribution < -0.4 is 0 Å². The van der Waals surface area contributed by atoms with Gasteiger partial charge in [0.1, 0.15) is 6.67 Å². The fourth-order valence-electron chi connectivity index (χ4n) is 2.25. The van der Waals surface area contributed by atoms with E-state index in [0.717, 1.165) is 11.0 Å². The summed E-state index contributed by atoms with van der Waals surface area (Å²) in [7, 11) is 0. The van der Waals surface area contributed by atoms with Crippen LogP contribution >= 0.6 is 0 Å². The van der Waals surface area contributed by atoms with E-state index in [9.17, 15) is 0 Å². The minimum atomic E-state index is 0.324. The lowest BCUT2D eigenvalue weighted by Crippen LogP contribution is -1.93. The second-order valence-corrected chi connectivity index (χ2v) is 3.83. The SMILES string of the molecule is [N-]=[N+]=NCn1c2ccccc2c2ccccc21. The zero-order chi connectivity index (χ0) is 11.7. The molecule has 17 heavy (non-hydrogen) atoms. The summed E-state index contributed by atoms with van der Waals surface area (Å²) in [5.41, 5.74) is 10.7. The third-order valence-electron chi connectivity index (χ3n) is 2.95. The normalized spacial score (nSPS) is 10.6. The summed E-state index contributed by atoms with van der Waals surface area (Å²) >= 11 is 0. The van der Waals surface area contributed by atoms with Gasteiger partial charge in [-0.25, -0.2) is 0 Å². The molecule has 0 aliphatic rings. The molecule has 0 aliphatic heterocycles. The topological polar surface area (TPSA) is 53.7 Å². The molecule has 1 heterocycles. The monoisotopic (exact) mass is 222 g/mol. The van der Waals surface area contributed by atoms with Gasteiger partial charge in [0.05, 0.1) is 0 Å². The molecule has 3 aromatic rings. The van der Waals surface area contributed by atoms with E-state index < -0.39 is 0 Å². The summed E-state index contributed by atoms with van der Waals surface area (Å²) in [6, 6.07) is 16.3. The van der Waals surface area contributed by atoms with Gasteiger partial charge in [0.15, 0.2) is 0 Å². The predicted octanol–water partition coefficient (Wildman–Crippen LogP) is 4.06. The molecule has 1 aromatic heterocycles. The molecule has 4 nitrogen and oxygen atoms in total. The van der Waals surface area contributed by atoms with E-state index in [1.165, 1.54) is 10.8 Å². The molecule has 0 amide bonds. The van der Waals surface area contributed by atoms with E-state index in [1.807, 2.05) is 41.0 Å². The van der Waals surface area contributed by atoms with Crippen LogP contribution in [-0.4, -0.2) is 4.57 Å². The van der Waals surface area contributed by atoms with Crippen LogP contribution in [0.25, 0.3) is 32.2 Å². The maximum atomic E-state index is 8.45. The molecule has 82 valence electrons. The Bertz CT molecular complexity index is 682. The number of para-hydroxylation sites is 2. The van der Waals surface area contributed by atoms with E-state index in [2.05, 4.69) is 22.2 Å². The lowest BCUT2D eigenvalue weighted by Gasteiger charge is -2.01. The van der Waals surface area contributed by atoms with Crippen LogP contribution in [0.4, 0.5) is 0 Å². The predicted molar refractivity (Wildman–Crippen MR) is 68.6 cm³/mol. The Morgan fingerprint density at radius 2 is 1.47 bits per heavy atom. The van der Waals surface area contributed by atoms with Gasteiger partial charge in [-0.1, -0.05) is 41.5 Å². The number of fused-ring (bicyclic) bond motifs is 3. The molecule has 0 saturated heterocycles. The first-order valence-electron chi connectivity index (χ1n) is 5.38. The van der Waals surface area contributed by atoms with E-state index in [-0.39, 0.29) is 0 Å². The minimum absolute atomic E-state index is 0.324.